The summed E-state index contributed by atoms with van der Waals surface area (Å²) >= 11 is 3.12. The van der Waals surface area contributed by atoms with Gasteiger partial charge in [-0.3, -0.25) is 5.32 Å². The molecule has 1 aromatic rings. The number of alkyl halides is 3. The molecule has 0 bridgehead atoms. The highest BCUT2D eigenvalue weighted by Gasteiger charge is 2.62. The lowest BCUT2D eigenvalue weighted by Gasteiger charge is -2.21. The van der Waals surface area contributed by atoms with E-state index in [0.29, 0.717) is 10.0 Å². The summed E-state index contributed by atoms with van der Waals surface area (Å²) in [5.74, 6) is -0.419. The van der Waals surface area contributed by atoms with E-state index in [4.69, 9.17) is 0 Å². The van der Waals surface area contributed by atoms with Gasteiger partial charge in [0.1, 0.15) is 11.4 Å². The van der Waals surface area contributed by atoms with Gasteiger partial charge in [-0.2, -0.15) is 13.2 Å². The van der Waals surface area contributed by atoms with Crippen molar-refractivity contribution in [3.05, 3.63) is 34.1 Å². The molecule has 1 fully saturated rings. The van der Waals surface area contributed by atoms with Gasteiger partial charge in [-0.15, -0.1) is 0 Å². The molecule has 0 amide bonds. The van der Waals surface area contributed by atoms with Crippen LogP contribution in [0.1, 0.15) is 18.4 Å². The molecule has 0 saturated heterocycles. The molecule has 1 nitrogen and oxygen atoms in total. The van der Waals surface area contributed by atoms with E-state index in [1.807, 2.05) is 0 Å². The van der Waals surface area contributed by atoms with Crippen LogP contribution in [-0.2, 0) is 6.54 Å². The molecule has 6 heteroatoms. The Kier molecular flexibility index (Phi) is 3.20. The van der Waals surface area contributed by atoms with E-state index in [0.717, 1.165) is 0 Å². The molecule has 0 aliphatic heterocycles. The Labute approximate surface area is 104 Å². The monoisotopic (exact) mass is 311 g/mol. The van der Waals surface area contributed by atoms with E-state index in [-0.39, 0.29) is 19.4 Å². The van der Waals surface area contributed by atoms with Gasteiger partial charge in [0, 0.05) is 11.0 Å². The molecule has 0 spiro atoms. The Bertz CT molecular complexity index is 426. The third-order valence-corrected chi connectivity index (χ3v) is 3.66. The van der Waals surface area contributed by atoms with Crippen LogP contribution in [0.15, 0.2) is 22.7 Å². The second-order valence-electron chi connectivity index (χ2n) is 4.17. The van der Waals surface area contributed by atoms with E-state index in [2.05, 4.69) is 21.2 Å². The first-order chi connectivity index (χ1) is 7.84. The Hall–Kier alpha value is -0.620. The lowest BCUT2D eigenvalue weighted by molar-refractivity contribution is -0.166. The normalized spacial score (nSPS) is 18.2. The highest BCUT2D eigenvalue weighted by atomic mass is 79.9. The highest BCUT2D eigenvalue weighted by molar-refractivity contribution is 9.10. The average molecular weight is 312 g/mol. The van der Waals surface area contributed by atoms with Crippen LogP contribution >= 0.6 is 15.9 Å². The van der Waals surface area contributed by atoms with E-state index in [9.17, 15) is 17.6 Å². The first-order valence-electron chi connectivity index (χ1n) is 5.10. The highest BCUT2D eigenvalue weighted by Crippen LogP contribution is 2.49. The fourth-order valence-electron chi connectivity index (χ4n) is 1.61. The van der Waals surface area contributed by atoms with Gasteiger partial charge >= 0.3 is 6.18 Å². The van der Waals surface area contributed by atoms with Crippen molar-refractivity contribution in [1.82, 2.24) is 5.32 Å². The molecule has 1 aliphatic carbocycles. The number of benzene rings is 1. The van der Waals surface area contributed by atoms with E-state index in [1.165, 1.54) is 18.2 Å². The zero-order chi connectivity index (χ0) is 12.7. The quantitative estimate of drug-likeness (QED) is 0.838. The molecule has 94 valence electrons. The predicted octanol–water partition coefficient (Wildman–Crippen LogP) is 3.77. The predicted molar refractivity (Wildman–Crippen MR) is 59.0 cm³/mol. The molecule has 1 saturated carbocycles. The summed E-state index contributed by atoms with van der Waals surface area (Å²) in [5.41, 5.74) is -1.12. The minimum atomic E-state index is -4.22. The summed E-state index contributed by atoms with van der Waals surface area (Å²) in [7, 11) is 0. The van der Waals surface area contributed by atoms with Crippen molar-refractivity contribution >= 4 is 15.9 Å². The van der Waals surface area contributed by atoms with Crippen molar-refractivity contribution in [2.75, 3.05) is 0 Å². The molecule has 0 atom stereocenters. The van der Waals surface area contributed by atoms with Crippen LogP contribution in [0.25, 0.3) is 0 Å². The van der Waals surface area contributed by atoms with Gasteiger partial charge < -0.3 is 0 Å². The van der Waals surface area contributed by atoms with Gasteiger partial charge in [0.15, 0.2) is 0 Å². The molecule has 1 aliphatic rings. The zero-order valence-corrected chi connectivity index (χ0v) is 10.3. The molecule has 0 radical (unpaired) electrons. The first kappa shape index (κ1) is 12.8. The number of hydrogen-bond acceptors (Lipinski definition) is 1. The first-order valence-corrected chi connectivity index (χ1v) is 5.89. The minimum absolute atomic E-state index is 0.0698. The van der Waals surface area contributed by atoms with Crippen molar-refractivity contribution in [3.8, 4) is 0 Å². The molecule has 17 heavy (non-hydrogen) atoms. The SMILES string of the molecule is Fc1ccc(CNC2(C(F)(F)F)CC2)c(Br)c1. The third-order valence-electron chi connectivity index (χ3n) is 2.92. The number of nitrogens with one attached hydrogen (secondary N) is 1. The number of halogens is 5. The van der Waals surface area contributed by atoms with Crippen LogP contribution in [-0.4, -0.2) is 11.7 Å². The summed E-state index contributed by atoms with van der Waals surface area (Å²) in [4.78, 5) is 0. The van der Waals surface area contributed by atoms with E-state index >= 15 is 0 Å². The maximum absolute atomic E-state index is 12.8. The fourth-order valence-corrected chi connectivity index (χ4v) is 2.11. The van der Waals surface area contributed by atoms with E-state index in [1.54, 1.807) is 0 Å². The molecular formula is C11H10BrF4N. The van der Waals surface area contributed by atoms with Crippen LogP contribution in [0.4, 0.5) is 17.6 Å². The third kappa shape index (κ3) is 2.63. The van der Waals surface area contributed by atoms with Gasteiger partial charge in [0.05, 0.1) is 0 Å². The number of hydrogen-bond donors (Lipinski definition) is 1. The lowest BCUT2D eigenvalue weighted by Crippen LogP contribution is -2.44. The molecule has 0 heterocycles. The maximum Gasteiger partial charge on any atom is 0.406 e. The largest absolute Gasteiger partial charge is 0.406 e. The standard InChI is InChI=1S/C11H10BrF4N/c12-9-5-8(13)2-1-7(9)6-17-10(3-4-10)11(14,15)16/h1-2,5,17H,3-4,6H2. The van der Waals surface area contributed by atoms with Gasteiger partial charge in [0.25, 0.3) is 0 Å². The second kappa shape index (κ2) is 4.24. The van der Waals surface area contributed by atoms with Crippen LogP contribution in [0.5, 0.6) is 0 Å². The lowest BCUT2D eigenvalue weighted by atomic mass is 10.2. The van der Waals surface area contributed by atoms with Crippen molar-refractivity contribution in [1.29, 1.82) is 0 Å². The van der Waals surface area contributed by atoms with Crippen LogP contribution < -0.4 is 5.32 Å². The van der Waals surface area contributed by atoms with Crippen molar-refractivity contribution < 1.29 is 17.6 Å². The van der Waals surface area contributed by atoms with Crippen molar-refractivity contribution in [2.24, 2.45) is 0 Å². The second-order valence-corrected chi connectivity index (χ2v) is 5.02. The Morgan fingerprint density at radius 2 is 1.94 bits per heavy atom. The van der Waals surface area contributed by atoms with Gasteiger partial charge in [-0.25, -0.2) is 4.39 Å². The molecule has 0 unspecified atom stereocenters. The Morgan fingerprint density at radius 1 is 1.29 bits per heavy atom. The van der Waals surface area contributed by atoms with Gasteiger partial charge in [0.2, 0.25) is 0 Å². The molecule has 1 aromatic carbocycles. The smallest absolute Gasteiger partial charge is 0.299 e. The molecule has 0 aromatic heterocycles. The van der Waals surface area contributed by atoms with Crippen molar-refractivity contribution in [2.45, 2.75) is 31.1 Å². The van der Waals surface area contributed by atoms with Crippen molar-refractivity contribution in [3.63, 3.8) is 0 Å². The average Bonchev–Trinajstić information content (AvgIpc) is 2.96. The van der Waals surface area contributed by atoms with Gasteiger partial charge in [-0.1, -0.05) is 22.0 Å². The number of rotatable bonds is 3. The van der Waals surface area contributed by atoms with Crippen LogP contribution in [0.2, 0.25) is 0 Å². The topological polar surface area (TPSA) is 12.0 Å². The Morgan fingerprint density at radius 3 is 2.41 bits per heavy atom. The van der Waals surface area contributed by atoms with E-state index < -0.39 is 17.5 Å². The van der Waals surface area contributed by atoms with Crippen LogP contribution in [0, 0.1) is 5.82 Å². The molecular weight excluding hydrogens is 302 g/mol. The summed E-state index contributed by atoms with van der Waals surface area (Å²) in [6.45, 7) is 0.0698. The summed E-state index contributed by atoms with van der Waals surface area (Å²) in [6, 6.07) is 3.94. The summed E-state index contributed by atoms with van der Waals surface area (Å²) in [6.07, 6.45) is -4.01. The molecule has 1 N–H and O–H groups in total. The fraction of sp³-hybridized carbons (Fsp3) is 0.455. The minimum Gasteiger partial charge on any atom is -0.299 e. The Balaban J connectivity index is 2.04. The maximum atomic E-state index is 12.8. The molecule has 2 rings (SSSR count). The van der Waals surface area contributed by atoms with Gasteiger partial charge in [-0.05, 0) is 30.5 Å². The summed E-state index contributed by atoms with van der Waals surface area (Å²) in [5, 5.41) is 2.51. The van der Waals surface area contributed by atoms with Crippen LogP contribution in [0.3, 0.4) is 0 Å². The zero-order valence-electron chi connectivity index (χ0n) is 8.74. The summed E-state index contributed by atoms with van der Waals surface area (Å²) < 4.78 is 51.2.